The topological polar surface area (TPSA) is 85.8 Å². The van der Waals surface area contributed by atoms with Gasteiger partial charge in [0.05, 0.1) is 17.3 Å². The number of rotatable bonds is 5. The number of hydrogen-bond acceptors (Lipinski definition) is 5. The van der Waals surface area contributed by atoms with Crippen LogP contribution in [-0.2, 0) is 18.4 Å². The Morgan fingerprint density at radius 2 is 2.29 bits per heavy atom. The number of benzene rings is 1. The minimum Gasteiger partial charge on any atom is -0.325 e. The van der Waals surface area contributed by atoms with Gasteiger partial charge in [-0.3, -0.25) is 4.79 Å². The molecule has 0 aliphatic heterocycles. The first-order valence-corrected chi connectivity index (χ1v) is 7.33. The summed E-state index contributed by atoms with van der Waals surface area (Å²) in [6.07, 6.45) is 0. The Balaban J connectivity index is 1.92. The maximum atomic E-state index is 13.0. The van der Waals surface area contributed by atoms with Gasteiger partial charge in [0.2, 0.25) is 5.91 Å². The molecule has 0 radical (unpaired) electrons. The van der Waals surface area contributed by atoms with Crippen molar-refractivity contribution in [1.82, 2.24) is 14.8 Å². The molecule has 0 atom stereocenters. The van der Waals surface area contributed by atoms with E-state index in [1.807, 2.05) is 0 Å². The molecule has 0 bridgehead atoms. The van der Waals surface area contributed by atoms with Crippen LogP contribution in [0.5, 0.6) is 0 Å². The Kier molecular flexibility index (Phi) is 5.16. The normalized spacial score (nSPS) is 10.7. The van der Waals surface area contributed by atoms with E-state index in [1.165, 1.54) is 30.0 Å². The smallest absolute Gasteiger partial charge is 0.234 e. The summed E-state index contributed by atoms with van der Waals surface area (Å²) in [6, 6.07) is 3.99. The van der Waals surface area contributed by atoms with Crippen LogP contribution < -0.4 is 11.1 Å². The van der Waals surface area contributed by atoms with E-state index in [4.69, 9.17) is 17.3 Å². The number of carbonyl (C=O) groups is 1. The van der Waals surface area contributed by atoms with Crippen LogP contribution in [0.3, 0.4) is 0 Å². The molecule has 3 N–H and O–H groups in total. The van der Waals surface area contributed by atoms with Gasteiger partial charge >= 0.3 is 0 Å². The molecule has 6 nitrogen and oxygen atoms in total. The lowest BCUT2D eigenvalue weighted by Crippen LogP contribution is -2.14. The lowest BCUT2D eigenvalue weighted by molar-refractivity contribution is -0.113. The van der Waals surface area contributed by atoms with Gasteiger partial charge < -0.3 is 15.6 Å². The number of hydrogen-bond donors (Lipinski definition) is 2. The molecule has 0 unspecified atom stereocenters. The van der Waals surface area contributed by atoms with Gasteiger partial charge in [0, 0.05) is 12.7 Å². The predicted octanol–water partition coefficient (Wildman–Crippen LogP) is 1.80. The van der Waals surface area contributed by atoms with E-state index in [0.29, 0.717) is 16.7 Å². The van der Waals surface area contributed by atoms with Crippen LogP contribution in [0.1, 0.15) is 5.82 Å². The minimum atomic E-state index is -0.530. The average molecular weight is 330 g/mol. The van der Waals surface area contributed by atoms with E-state index in [2.05, 4.69) is 15.5 Å². The summed E-state index contributed by atoms with van der Waals surface area (Å²) in [5.41, 5.74) is 5.93. The summed E-state index contributed by atoms with van der Waals surface area (Å²) in [6.45, 7) is 0.282. The quantitative estimate of drug-likeness (QED) is 0.817. The van der Waals surface area contributed by atoms with Crippen molar-refractivity contribution < 1.29 is 9.18 Å². The zero-order chi connectivity index (χ0) is 15.4. The van der Waals surface area contributed by atoms with Gasteiger partial charge in [0.15, 0.2) is 5.16 Å². The van der Waals surface area contributed by atoms with Crippen LogP contribution in [0.25, 0.3) is 0 Å². The molecule has 2 rings (SSSR count). The zero-order valence-electron chi connectivity index (χ0n) is 11.1. The molecule has 0 aliphatic rings. The van der Waals surface area contributed by atoms with Gasteiger partial charge in [-0.25, -0.2) is 4.39 Å². The monoisotopic (exact) mass is 329 g/mol. The molecule has 1 aromatic heterocycles. The second-order valence-corrected chi connectivity index (χ2v) is 5.48. The van der Waals surface area contributed by atoms with E-state index in [0.717, 1.165) is 0 Å². The maximum Gasteiger partial charge on any atom is 0.234 e. The van der Waals surface area contributed by atoms with Gasteiger partial charge in [-0.2, -0.15) is 0 Å². The Hall–Kier alpha value is -1.64. The fourth-order valence-corrected chi connectivity index (χ4v) is 2.46. The van der Waals surface area contributed by atoms with Crippen LogP contribution in [-0.4, -0.2) is 26.4 Å². The number of amides is 1. The number of anilines is 1. The van der Waals surface area contributed by atoms with E-state index in [-0.39, 0.29) is 23.2 Å². The lowest BCUT2D eigenvalue weighted by Gasteiger charge is -2.06. The van der Waals surface area contributed by atoms with Crippen molar-refractivity contribution >= 4 is 35.0 Å². The van der Waals surface area contributed by atoms with Crippen molar-refractivity contribution in [2.75, 3.05) is 11.1 Å². The van der Waals surface area contributed by atoms with Crippen LogP contribution in [0.4, 0.5) is 10.1 Å². The SMILES string of the molecule is Cn1c(CN)nnc1SCC(=O)Nc1ccc(F)c(Cl)c1. The number of nitrogens with one attached hydrogen (secondary N) is 1. The molecule has 0 spiro atoms. The van der Waals surface area contributed by atoms with Crippen molar-refractivity contribution in [2.45, 2.75) is 11.7 Å². The zero-order valence-corrected chi connectivity index (χ0v) is 12.7. The van der Waals surface area contributed by atoms with E-state index in [1.54, 1.807) is 11.6 Å². The lowest BCUT2D eigenvalue weighted by atomic mass is 10.3. The first kappa shape index (κ1) is 15.7. The van der Waals surface area contributed by atoms with Crippen LogP contribution in [0, 0.1) is 5.82 Å². The van der Waals surface area contributed by atoms with Crippen LogP contribution in [0.15, 0.2) is 23.4 Å². The third-order valence-electron chi connectivity index (χ3n) is 2.64. The third-order valence-corrected chi connectivity index (χ3v) is 3.95. The highest BCUT2D eigenvalue weighted by Crippen LogP contribution is 2.20. The first-order valence-electron chi connectivity index (χ1n) is 5.97. The molecule has 1 amide bonds. The molecule has 21 heavy (non-hydrogen) atoms. The average Bonchev–Trinajstić information content (AvgIpc) is 2.81. The molecular formula is C12H13ClFN5OS. The molecule has 0 saturated heterocycles. The molecule has 0 fully saturated rings. The summed E-state index contributed by atoms with van der Waals surface area (Å²) in [5.74, 6) is 0.00609. The first-order chi connectivity index (χ1) is 10.0. The Morgan fingerprint density at radius 1 is 1.52 bits per heavy atom. The fourth-order valence-electron chi connectivity index (χ4n) is 1.55. The second kappa shape index (κ2) is 6.88. The van der Waals surface area contributed by atoms with Crippen molar-refractivity contribution in [2.24, 2.45) is 12.8 Å². The highest BCUT2D eigenvalue weighted by atomic mass is 35.5. The number of nitrogens with zero attached hydrogens (tertiary/aromatic N) is 3. The van der Waals surface area contributed by atoms with Crippen LogP contribution >= 0.6 is 23.4 Å². The molecule has 0 saturated carbocycles. The molecule has 112 valence electrons. The van der Waals surface area contributed by atoms with Gasteiger partial charge in [0.1, 0.15) is 11.6 Å². The number of thioether (sulfide) groups is 1. The highest BCUT2D eigenvalue weighted by Gasteiger charge is 2.11. The fraction of sp³-hybridized carbons (Fsp3) is 0.250. The van der Waals surface area contributed by atoms with Crippen LogP contribution in [0.2, 0.25) is 5.02 Å². The van der Waals surface area contributed by atoms with Gasteiger partial charge in [-0.15, -0.1) is 10.2 Å². The van der Waals surface area contributed by atoms with Crippen molar-refractivity contribution in [1.29, 1.82) is 0 Å². The van der Waals surface area contributed by atoms with Crippen molar-refractivity contribution in [3.63, 3.8) is 0 Å². The van der Waals surface area contributed by atoms with E-state index in [9.17, 15) is 9.18 Å². The van der Waals surface area contributed by atoms with Crippen molar-refractivity contribution in [3.8, 4) is 0 Å². The number of nitrogens with two attached hydrogens (primary N) is 1. The standard InChI is InChI=1S/C12H13ClFN5OS/c1-19-10(5-15)17-18-12(19)21-6-11(20)16-7-2-3-9(14)8(13)4-7/h2-4H,5-6,15H2,1H3,(H,16,20). The minimum absolute atomic E-state index is 0.0404. The summed E-state index contributed by atoms with van der Waals surface area (Å²) < 4.78 is 14.7. The van der Waals surface area contributed by atoms with Gasteiger partial charge in [-0.05, 0) is 18.2 Å². The molecular weight excluding hydrogens is 317 g/mol. The number of carbonyl (C=O) groups excluding carboxylic acids is 1. The summed E-state index contributed by atoms with van der Waals surface area (Å²) >= 11 is 6.88. The molecule has 1 heterocycles. The third kappa shape index (κ3) is 3.93. The predicted molar refractivity (Wildman–Crippen MR) is 79.7 cm³/mol. The Bertz CT molecular complexity index is 663. The second-order valence-electron chi connectivity index (χ2n) is 4.13. The number of aromatic nitrogens is 3. The van der Waals surface area contributed by atoms with Gasteiger partial charge in [0.25, 0.3) is 0 Å². The van der Waals surface area contributed by atoms with E-state index < -0.39 is 5.82 Å². The Morgan fingerprint density at radius 3 is 2.90 bits per heavy atom. The van der Waals surface area contributed by atoms with Gasteiger partial charge in [-0.1, -0.05) is 23.4 Å². The maximum absolute atomic E-state index is 13.0. The van der Waals surface area contributed by atoms with E-state index >= 15 is 0 Å². The number of halogens is 2. The summed E-state index contributed by atoms with van der Waals surface area (Å²) in [5, 5.41) is 11.0. The van der Waals surface area contributed by atoms with Crippen molar-refractivity contribution in [3.05, 3.63) is 34.9 Å². The molecule has 2 aromatic rings. The summed E-state index contributed by atoms with van der Waals surface area (Å²) in [7, 11) is 1.78. The summed E-state index contributed by atoms with van der Waals surface area (Å²) in [4.78, 5) is 11.8. The molecule has 9 heteroatoms. The Labute approximate surface area is 129 Å². The highest BCUT2D eigenvalue weighted by molar-refractivity contribution is 7.99. The molecule has 1 aromatic carbocycles. The molecule has 0 aliphatic carbocycles. The largest absolute Gasteiger partial charge is 0.325 e.